The fraction of sp³-hybridized carbons (Fsp3) is 0.455. The summed E-state index contributed by atoms with van der Waals surface area (Å²) in [6.07, 6.45) is 6.25. The monoisotopic (exact) mass is 398 g/mol. The number of anilines is 1. The zero-order valence-electron chi connectivity index (χ0n) is 16.1. The Morgan fingerprint density at radius 3 is 2.32 bits per heavy atom. The van der Waals surface area contributed by atoms with Crippen LogP contribution in [0.3, 0.4) is 0 Å². The fourth-order valence-corrected chi connectivity index (χ4v) is 4.44. The molecule has 1 N–H and O–H groups in total. The van der Waals surface area contributed by atoms with E-state index in [4.69, 9.17) is 11.6 Å². The summed E-state index contributed by atoms with van der Waals surface area (Å²) in [7, 11) is 0. The highest BCUT2D eigenvalue weighted by Gasteiger charge is 2.29. The second kappa shape index (κ2) is 8.93. The summed E-state index contributed by atoms with van der Waals surface area (Å²) in [5, 5.41) is 3.84. The summed E-state index contributed by atoms with van der Waals surface area (Å²) in [5.41, 5.74) is 0.678. The topological polar surface area (TPSA) is 48.5 Å². The smallest absolute Gasteiger partial charge is 0.251 e. The van der Waals surface area contributed by atoms with E-state index in [-0.39, 0.29) is 11.9 Å². The third kappa shape index (κ3) is 4.65. The normalized spacial score (nSPS) is 23.4. The van der Waals surface area contributed by atoms with Crippen LogP contribution in [0.4, 0.5) is 5.82 Å². The lowest BCUT2D eigenvalue weighted by atomic mass is 9.89. The lowest BCUT2D eigenvalue weighted by molar-refractivity contribution is 0.0899. The van der Waals surface area contributed by atoms with Crippen LogP contribution in [-0.2, 0) is 0 Å². The predicted octanol–water partition coefficient (Wildman–Crippen LogP) is 3.60. The Morgan fingerprint density at radius 1 is 0.964 bits per heavy atom. The number of nitrogens with zero attached hydrogens (tertiary/aromatic N) is 3. The van der Waals surface area contributed by atoms with E-state index in [0.29, 0.717) is 16.6 Å². The molecule has 4 rings (SSSR count). The summed E-state index contributed by atoms with van der Waals surface area (Å²) in [6.45, 7) is 4.24. The Labute approximate surface area is 171 Å². The van der Waals surface area contributed by atoms with Gasteiger partial charge in [-0.1, -0.05) is 17.7 Å². The SMILES string of the molecule is O=C(NC1CCC(N2CCN(c3ccccn3)CC2)CC1)c1ccc(Cl)cc1. The molecule has 0 unspecified atom stereocenters. The van der Waals surface area contributed by atoms with Gasteiger partial charge in [-0.05, 0) is 62.1 Å². The number of pyridine rings is 1. The van der Waals surface area contributed by atoms with Gasteiger partial charge >= 0.3 is 0 Å². The van der Waals surface area contributed by atoms with Crippen molar-refractivity contribution in [3.63, 3.8) is 0 Å². The third-order valence-electron chi connectivity index (χ3n) is 5.94. The molecule has 6 heteroatoms. The van der Waals surface area contributed by atoms with Gasteiger partial charge in [-0.25, -0.2) is 4.98 Å². The first-order valence-electron chi connectivity index (χ1n) is 10.2. The molecule has 2 aromatic rings. The van der Waals surface area contributed by atoms with Gasteiger partial charge in [-0.3, -0.25) is 9.69 Å². The van der Waals surface area contributed by atoms with Crippen LogP contribution >= 0.6 is 11.6 Å². The molecule has 0 bridgehead atoms. The van der Waals surface area contributed by atoms with Crippen LogP contribution in [0.2, 0.25) is 5.02 Å². The van der Waals surface area contributed by atoms with E-state index in [2.05, 4.69) is 26.2 Å². The zero-order valence-corrected chi connectivity index (χ0v) is 16.8. The molecule has 148 valence electrons. The number of aromatic nitrogens is 1. The number of carbonyl (C=O) groups excluding carboxylic acids is 1. The largest absolute Gasteiger partial charge is 0.354 e. The first-order chi connectivity index (χ1) is 13.7. The van der Waals surface area contributed by atoms with Gasteiger partial charge in [0.15, 0.2) is 0 Å². The highest BCUT2D eigenvalue weighted by molar-refractivity contribution is 6.30. The van der Waals surface area contributed by atoms with Crippen molar-refractivity contribution in [2.75, 3.05) is 31.1 Å². The molecule has 1 aromatic carbocycles. The second-order valence-corrected chi connectivity index (χ2v) is 8.13. The molecular weight excluding hydrogens is 372 g/mol. The molecule has 28 heavy (non-hydrogen) atoms. The summed E-state index contributed by atoms with van der Waals surface area (Å²) >= 11 is 5.90. The van der Waals surface area contributed by atoms with Crippen LogP contribution in [0.5, 0.6) is 0 Å². The van der Waals surface area contributed by atoms with Gasteiger partial charge in [0, 0.05) is 55.0 Å². The molecule has 1 saturated heterocycles. The number of carbonyl (C=O) groups is 1. The van der Waals surface area contributed by atoms with Crippen molar-refractivity contribution in [1.29, 1.82) is 0 Å². The van der Waals surface area contributed by atoms with E-state index >= 15 is 0 Å². The van der Waals surface area contributed by atoms with Crippen molar-refractivity contribution < 1.29 is 4.79 Å². The van der Waals surface area contributed by atoms with Crippen LogP contribution in [0.1, 0.15) is 36.0 Å². The standard InChI is InChI=1S/C22H27ClN4O/c23-18-6-4-17(5-7-18)22(28)25-19-8-10-20(11-9-19)26-13-15-27(16-14-26)21-3-1-2-12-24-21/h1-7,12,19-20H,8-11,13-16H2,(H,25,28). The summed E-state index contributed by atoms with van der Waals surface area (Å²) in [6, 6.07) is 14.1. The molecule has 1 amide bonds. The number of piperazine rings is 1. The minimum atomic E-state index is 0.00379. The molecule has 1 saturated carbocycles. The lowest BCUT2D eigenvalue weighted by Crippen LogP contribution is -2.52. The van der Waals surface area contributed by atoms with Crippen molar-refractivity contribution in [3.8, 4) is 0 Å². The number of amides is 1. The van der Waals surface area contributed by atoms with Gasteiger partial charge in [-0.15, -0.1) is 0 Å². The van der Waals surface area contributed by atoms with E-state index in [1.54, 1.807) is 24.3 Å². The molecule has 1 aliphatic carbocycles. The average molecular weight is 399 g/mol. The van der Waals surface area contributed by atoms with Gasteiger partial charge in [0.25, 0.3) is 5.91 Å². The van der Waals surface area contributed by atoms with E-state index < -0.39 is 0 Å². The molecule has 0 atom stereocenters. The van der Waals surface area contributed by atoms with Crippen molar-refractivity contribution >= 4 is 23.3 Å². The van der Waals surface area contributed by atoms with Gasteiger partial charge in [0.05, 0.1) is 0 Å². The highest BCUT2D eigenvalue weighted by Crippen LogP contribution is 2.25. The number of rotatable bonds is 4. The quantitative estimate of drug-likeness (QED) is 0.854. The Hall–Kier alpha value is -2.11. The van der Waals surface area contributed by atoms with Gasteiger partial charge in [-0.2, -0.15) is 0 Å². The summed E-state index contributed by atoms with van der Waals surface area (Å²) in [4.78, 5) is 21.9. The van der Waals surface area contributed by atoms with Crippen molar-refractivity contribution in [2.45, 2.75) is 37.8 Å². The molecule has 2 heterocycles. The van der Waals surface area contributed by atoms with Gasteiger partial charge in [0.1, 0.15) is 5.82 Å². The Bertz CT molecular complexity index is 767. The number of hydrogen-bond acceptors (Lipinski definition) is 4. The maximum absolute atomic E-state index is 12.4. The van der Waals surface area contributed by atoms with E-state index in [0.717, 1.165) is 57.7 Å². The molecule has 1 aliphatic heterocycles. The minimum absolute atomic E-state index is 0.00379. The Balaban J connectivity index is 1.22. The molecule has 0 radical (unpaired) electrons. The number of nitrogens with one attached hydrogen (secondary N) is 1. The van der Waals surface area contributed by atoms with Crippen LogP contribution in [0.25, 0.3) is 0 Å². The Morgan fingerprint density at radius 2 is 1.68 bits per heavy atom. The van der Waals surface area contributed by atoms with Crippen LogP contribution in [0, 0.1) is 0 Å². The molecular formula is C22H27ClN4O. The summed E-state index contributed by atoms with van der Waals surface area (Å²) in [5.74, 6) is 1.08. The maximum atomic E-state index is 12.4. The second-order valence-electron chi connectivity index (χ2n) is 7.70. The first-order valence-corrected chi connectivity index (χ1v) is 10.5. The number of benzene rings is 1. The number of hydrogen-bond donors (Lipinski definition) is 1. The minimum Gasteiger partial charge on any atom is -0.354 e. The van der Waals surface area contributed by atoms with Crippen LogP contribution in [0.15, 0.2) is 48.7 Å². The molecule has 5 nitrogen and oxygen atoms in total. The van der Waals surface area contributed by atoms with E-state index in [9.17, 15) is 4.79 Å². The van der Waals surface area contributed by atoms with Gasteiger partial charge < -0.3 is 10.2 Å². The molecule has 0 spiro atoms. The van der Waals surface area contributed by atoms with Crippen molar-refractivity contribution in [3.05, 3.63) is 59.2 Å². The Kier molecular flexibility index (Phi) is 6.13. The lowest BCUT2D eigenvalue weighted by Gasteiger charge is -2.42. The fourth-order valence-electron chi connectivity index (χ4n) is 4.31. The highest BCUT2D eigenvalue weighted by atomic mass is 35.5. The first kappa shape index (κ1) is 19.2. The molecule has 2 aliphatic rings. The molecule has 1 aromatic heterocycles. The summed E-state index contributed by atoms with van der Waals surface area (Å²) < 4.78 is 0. The third-order valence-corrected chi connectivity index (χ3v) is 6.19. The molecule has 2 fully saturated rings. The average Bonchev–Trinajstić information content (AvgIpc) is 2.75. The van der Waals surface area contributed by atoms with Crippen molar-refractivity contribution in [2.24, 2.45) is 0 Å². The van der Waals surface area contributed by atoms with Crippen LogP contribution in [-0.4, -0.2) is 54.1 Å². The van der Waals surface area contributed by atoms with Crippen molar-refractivity contribution in [1.82, 2.24) is 15.2 Å². The van der Waals surface area contributed by atoms with Crippen LogP contribution < -0.4 is 10.2 Å². The van der Waals surface area contributed by atoms with E-state index in [1.807, 2.05) is 18.3 Å². The predicted molar refractivity (Wildman–Crippen MR) is 113 cm³/mol. The van der Waals surface area contributed by atoms with Gasteiger partial charge in [0.2, 0.25) is 0 Å². The number of halogens is 1. The zero-order chi connectivity index (χ0) is 19.3. The van der Waals surface area contributed by atoms with E-state index in [1.165, 1.54) is 0 Å². The maximum Gasteiger partial charge on any atom is 0.251 e.